The second-order valence-corrected chi connectivity index (χ2v) is 6.39. The van der Waals surface area contributed by atoms with E-state index in [0.29, 0.717) is 11.1 Å². The van der Waals surface area contributed by atoms with Gasteiger partial charge in [-0.1, -0.05) is 70.2 Å². The van der Waals surface area contributed by atoms with Crippen LogP contribution in [0.5, 0.6) is 0 Å². The van der Waals surface area contributed by atoms with Crippen LogP contribution in [0.4, 0.5) is 0 Å². The molecule has 0 amide bonds. The van der Waals surface area contributed by atoms with Gasteiger partial charge in [-0.3, -0.25) is 0 Å². The van der Waals surface area contributed by atoms with Crippen molar-refractivity contribution in [1.82, 2.24) is 10.2 Å². The summed E-state index contributed by atoms with van der Waals surface area (Å²) in [4.78, 5) is 0. The Labute approximate surface area is 141 Å². The summed E-state index contributed by atoms with van der Waals surface area (Å²) in [6, 6.07) is 18.0. The zero-order chi connectivity index (χ0) is 15.2. The van der Waals surface area contributed by atoms with Crippen molar-refractivity contribution >= 4 is 33.8 Å². The zero-order valence-electron chi connectivity index (χ0n) is 11.6. The number of hydrogen-bond donors (Lipinski definition) is 0. The van der Waals surface area contributed by atoms with E-state index in [1.165, 1.54) is 17.3 Å². The van der Waals surface area contributed by atoms with Crippen LogP contribution in [0.2, 0.25) is 0 Å². The lowest BCUT2D eigenvalue weighted by Gasteiger charge is -1.94. The van der Waals surface area contributed by atoms with Crippen LogP contribution in [-0.4, -0.2) is 16.0 Å². The largest absolute Gasteiger partial charge is 0.411 e. The quantitative estimate of drug-likeness (QED) is 0.569. The molecule has 0 aliphatic carbocycles. The van der Waals surface area contributed by atoms with Crippen molar-refractivity contribution in [3.63, 3.8) is 0 Å². The van der Waals surface area contributed by atoms with Crippen molar-refractivity contribution in [2.24, 2.45) is 0 Å². The van der Waals surface area contributed by atoms with E-state index in [-0.39, 0.29) is 0 Å². The standard InChI is InChI=1S/C17H13BrN2OS/c18-15-10-8-14(9-11-15)16-19-20-17(21-16)22-12-4-7-13-5-2-1-3-6-13/h1-11H,12H2/b7-4+. The third kappa shape index (κ3) is 4.08. The second-order valence-electron chi connectivity index (χ2n) is 4.50. The molecule has 3 rings (SSSR count). The summed E-state index contributed by atoms with van der Waals surface area (Å²) in [5, 5.41) is 8.72. The van der Waals surface area contributed by atoms with Crippen LogP contribution in [-0.2, 0) is 0 Å². The van der Waals surface area contributed by atoms with Gasteiger partial charge >= 0.3 is 0 Å². The minimum Gasteiger partial charge on any atom is -0.411 e. The Morgan fingerprint density at radius 1 is 1.00 bits per heavy atom. The molecule has 0 bridgehead atoms. The molecular weight excluding hydrogens is 360 g/mol. The molecule has 0 saturated heterocycles. The number of benzene rings is 2. The molecule has 3 nitrogen and oxygen atoms in total. The van der Waals surface area contributed by atoms with Gasteiger partial charge in [-0.2, -0.15) is 0 Å². The average molecular weight is 373 g/mol. The van der Waals surface area contributed by atoms with E-state index in [9.17, 15) is 0 Å². The van der Waals surface area contributed by atoms with Crippen molar-refractivity contribution in [3.8, 4) is 11.5 Å². The first-order valence-corrected chi connectivity index (χ1v) is 8.53. The predicted octanol–water partition coefficient (Wildman–Crippen LogP) is 5.30. The molecule has 3 aromatic rings. The summed E-state index contributed by atoms with van der Waals surface area (Å²) in [5.74, 6) is 1.33. The fraction of sp³-hybridized carbons (Fsp3) is 0.0588. The summed E-state index contributed by atoms with van der Waals surface area (Å²) < 4.78 is 6.68. The number of halogens is 1. The van der Waals surface area contributed by atoms with Crippen molar-refractivity contribution in [2.45, 2.75) is 5.22 Å². The number of rotatable bonds is 5. The molecule has 1 aromatic heterocycles. The fourth-order valence-electron chi connectivity index (χ4n) is 1.84. The minimum absolute atomic E-state index is 0.544. The van der Waals surface area contributed by atoms with E-state index in [2.05, 4.69) is 50.4 Å². The van der Waals surface area contributed by atoms with E-state index in [4.69, 9.17) is 4.42 Å². The van der Waals surface area contributed by atoms with Gasteiger partial charge in [0.1, 0.15) is 0 Å². The molecular formula is C17H13BrN2OS. The highest BCUT2D eigenvalue weighted by Gasteiger charge is 2.08. The van der Waals surface area contributed by atoms with Gasteiger partial charge in [0.15, 0.2) is 0 Å². The lowest BCUT2D eigenvalue weighted by molar-refractivity contribution is 0.466. The lowest BCUT2D eigenvalue weighted by atomic mass is 10.2. The third-order valence-electron chi connectivity index (χ3n) is 2.91. The molecule has 110 valence electrons. The number of thioether (sulfide) groups is 1. The third-order valence-corrected chi connectivity index (χ3v) is 4.21. The van der Waals surface area contributed by atoms with Gasteiger partial charge in [0.05, 0.1) is 0 Å². The molecule has 1 heterocycles. The van der Waals surface area contributed by atoms with Crippen molar-refractivity contribution in [2.75, 3.05) is 5.75 Å². The zero-order valence-corrected chi connectivity index (χ0v) is 14.0. The molecule has 22 heavy (non-hydrogen) atoms. The average Bonchev–Trinajstić information content (AvgIpc) is 3.02. The minimum atomic E-state index is 0.544. The first-order chi connectivity index (χ1) is 10.8. The highest BCUT2D eigenvalue weighted by molar-refractivity contribution is 9.10. The number of hydrogen-bond acceptors (Lipinski definition) is 4. The summed E-state index contributed by atoms with van der Waals surface area (Å²) >= 11 is 4.93. The van der Waals surface area contributed by atoms with Gasteiger partial charge in [-0.05, 0) is 29.8 Å². The molecule has 2 aromatic carbocycles. The maximum Gasteiger partial charge on any atom is 0.277 e. The van der Waals surface area contributed by atoms with Gasteiger partial charge < -0.3 is 4.42 Å². The SMILES string of the molecule is Brc1ccc(-c2nnc(SC/C=C/c3ccccc3)o2)cc1. The molecule has 0 aliphatic heterocycles. The van der Waals surface area contributed by atoms with E-state index in [0.717, 1.165) is 15.8 Å². The maximum atomic E-state index is 5.65. The Kier molecular flexibility index (Phi) is 5.08. The summed E-state index contributed by atoms with van der Waals surface area (Å²) in [7, 11) is 0. The Hall–Kier alpha value is -1.85. The molecule has 5 heteroatoms. The molecule has 0 atom stereocenters. The molecule has 0 N–H and O–H groups in total. The smallest absolute Gasteiger partial charge is 0.277 e. The maximum absolute atomic E-state index is 5.65. The Balaban J connectivity index is 1.58. The van der Waals surface area contributed by atoms with Crippen molar-refractivity contribution in [1.29, 1.82) is 0 Å². The van der Waals surface area contributed by atoms with Crippen LogP contribution in [0, 0.1) is 0 Å². The van der Waals surface area contributed by atoms with Crippen LogP contribution in [0.3, 0.4) is 0 Å². The van der Waals surface area contributed by atoms with E-state index in [1.54, 1.807) is 0 Å². The van der Waals surface area contributed by atoms with Crippen LogP contribution < -0.4 is 0 Å². The molecule has 0 unspecified atom stereocenters. The first kappa shape index (κ1) is 15.1. The second kappa shape index (κ2) is 7.42. The fourth-order valence-corrected chi connectivity index (χ4v) is 2.68. The van der Waals surface area contributed by atoms with Crippen molar-refractivity contribution < 1.29 is 4.42 Å². The lowest BCUT2D eigenvalue weighted by Crippen LogP contribution is -1.76. The molecule has 0 aliphatic rings. The van der Waals surface area contributed by atoms with Crippen LogP contribution in [0.15, 0.2) is 74.8 Å². The summed E-state index contributed by atoms with van der Waals surface area (Å²) in [6.45, 7) is 0. The van der Waals surface area contributed by atoms with Gasteiger partial charge in [0, 0.05) is 15.8 Å². The first-order valence-electron chi connectivity index (χ1n) is 6.75. The molecule has 0 fully saturated rings. The van der Waals surface area contributed by atoms with Crippen LogP contribution >= 0.6 is 27.7 Å². The highest BCUT2D eigenvalue weighted by Crippen LogP contribution is 2.24. The highest BCUT2D eigenvalue weighted by atomic mass is 79.9. The van der Waals surface area contributed by atoms with Crippen LogP contribution in [0.1, 0.15) is 5.56 Å². The summed E-state index contributed by atoms with van der Waals surface area (Å²) in [5.41, 5.74) is 2.10. The summed E-state index contributed by atoms with van der Waals surface area (Å²) in [6.07, 6.45) is 4.17. The Morgan fingerprint density at radius 3 is 2.55 bits per heavy atom. The van der Waals surface area contributed by atoms with Gasteiger partial charge in [-0.15, -0.1) is 10.2 Å². The van der Waals surface area contributed by atoms with E-state index >= 15 is 0 Å². The van der Waals surface area contributed by atoms with Gasteiger partial charge in [0.2, 0.25) is 5.89 Å². The topological polar surface area (TPSA) is 38.9 Å². The Bertz CT molecular complexity index is 754. The monoisotopic (exact) mass is 372 g/mol. The molecule has 0 radical (unpaired) electrons. The number of aromatic nitrogens is 2. The van der Waals surface area contributed by atoms with E-state index < -0.39 is 0 Å². The number of nitrogens with zero attached hydrogens (tertiary/aromatic N) is 2. The van der Waals surface area contributed by atoms with Crippen molar-refractivity contribution in [3.05, 3.63) is 70.7 Å². The van der Waals surface area contributed by atoms with E-state index in [1.807, 2.05) is 42.5 Å². The normalized spacial score (nSPS) is 11.1. The predicted molar refractivity (Wildman–Crippen MR) is 93.6 cm³/mol. The van der Waals surface area contributed by atoms with Gasteiger partial charge in [0.25, 0.3) is 5.22 Å². The molecule has 0 spiro atoms. The van der Waals surface area contributed by atoms with Gasteiger partial charge in [-0.25, -0.2) is 0 Å². The Morgan fingerprint density at radius 2 is 1.77 bits per heavy atom. The van der Waals surface area contributed by atoms with Crippen LogP contribution in [0.25, 0.3) is 17.5 Å². The molecule has 0 saturated carbocycles.